The molecule has 2 aliphatic rings. The fourth-order valence-corrected chi connectivity index (χ4v) is 7.34. The van der Waals surface area contributed by atoms with E-state index in [9.17, 15) is 18.3 Å². The lowest BCUT2D eigenvalue weighted by molar-refractivity contribution is -0.0907. The Labute approximate surface area is 261 Å². The van der Waals surface area contributed by atoms with E-state index in [-0.39, 0.29) is 29.4 Å². The van der Waals surface area contributed by atoms with E-state index in [1.54, 1.807) is 43.5 Å². The molecule has 2 aromatic carbocycles. The molecule has 0 aliphatic carbocycles. The van der Waals surface area contributed by atoms with Crippen molar-refractivity contribution in [3.8, 4) is 5.75 Å². The van der Waals surface area contributed by atoms with Gasteiger partial charge in [0.2, 0.25) is 10.0 Å². The van der Waals surface area contributed by atoms with Crippen LogP contribution in [0, 0.1) is 11.3 Å². The minimum atomic E-state index is -4.26. The van der Waals surface area contributed by atoms with Gasteiger partial charge in [-0.1, -0.05) is 44.2 Å². The van der Waals surface area contributed by atoms with Crippen LogP contribution in [0.4, 0.5) is 4.79 Å². The van der Waals surface area contributed by atoms with Crippen molar-refractivity contribution < 1.29 is 37.3 Å². The summed E-state index contributed by atoms with van der Waals surface area (Å²) in [5, 5.41) is 13.5. The third-order valence-electron chi connectivity index (χ3n) is 8.22. The number of nitrogens with zero attached hydrogens (tertiary/aromatic N) is 2. The zero-order valence-corrected chi connectivity index (χ0v) is 27.4. The fourth-order valence-electron chi connectivity index (χ4n) is 5.69. The van der Waals surface area contributed by atoms with E-state index >= 15 is 0 Å². The molecule has 4 rings (SSSR count). The van der Waals surface area contributed by atoms with Gasteiger partial charge in [-0.25, -0.2) is 13.2 Å². The molecule has 244 valence electrons. The predicted octanol–water partition coefficient (Wildman–Crippen LogP) is 3.60. The molecule has 5 atom stereocenters. The number of carbonyl (C=O) groups excluding carboxylic acids is 1. The SMILES string of the molecule is COc1ccc(S(=O)(=O)N(Cc2ccccc2)[C@H](NC(=O)O[C@H]2CO[C@H]3OCC[C@H]32)[C@@H](C)O)cc1CC(C)(C)CCN(C)C. The summed E-state index contributed by atoms with van der Waals surface area (Å²) < 4.78 is 52.3. The van der Waals surface area contributed by atoms with Crippen molar-refractivity contribution in [3.05, 3.63) is 59.7 Å². The zero-order valence-electron chi connectivity index (χ0n) is 26.6. The van der Waals surface area contributed by atoms with Crippen molar-refractivity contribution in [2.45, 2.75) is 76.1 Å². The molecule has 0 unspecified atom stereocenters. The molecule has 0 aromatic heterocycles. The molecule has 0 saturated carbocycles. The first-order chi connectivity index (χ1) is 20.8. The van der Waals surface area contributed by atoms with Crippen LogP contribution < -0.4 is 10.1 Å². The molecule has 2 saturated heterocycles. The molecule has 2 aromatic rings. The number of ether oxygens (including phenoxy) is 4. The standard InChI is InChI=1S/C32H47N3O8S/c1-22(36)29(33-31(37)43-28-21-42-30-26(28)14-17-41-30)35(20-23-10-8-7-9-11-23)44(38,39)25-12-13-27(40-6)24(18-25)19-32(2,3)15-16-34(4)5/h7-13,18,22,26,28-30,36H,14-17,19-21H2,1-6H3,(H,33,37)/t22-,26+,28+,29+,30-/m1/s1. The fraction of sp³-hybridized carbons (Fsp3) is 0.594. The first-order valence-corrected chi connectivity index (χ1v) is 16.5. The highest BCUT2D eigenvalue weighted by atomic mass is 32.2. The van der Waals surface area contributed by atoms with E-state index in [1.165, 1.54) is 13.0 Å². The van der Waals surface area contributed by atoms with Gasteiger partial charge in [-0.15, -0.1) is 0 Å². The van der Waals surface area contributed by atoms with Crippen molar-refractivity contribution in [3.63, 3.8) is 0 Å². The predicted molar refractivity (Wildman–Crippen MR) is 165 cm³/mol. The molecule has 12 heteroatoms. The Morgan fingerprint density at radius 3 is 2.55 bits per heavy atom. The molecule has 2 fully saturated rings. The van der Waals surface area contributed by atoms with Crippen LogP contribution in [0.2, 0.25) is 0 Å². The van der Waals surface area contributed by atoms with Crippen LogP contribution >= 0.6 is 0 Å². The van der Waals surface area contributed by atoms with Crippen LogP contribution in [0.5, 0.6) is 5.75 Å². The average molecular weight is 634 g/mol. The third-order valence-corrected chi connectivity index (χ3v) is 10.0. The number of aliphatic hydroxyl groups excluding tert-OH is 1. The topological polar surface area (TPSA) is 127 Å². The quantitative estimate of drug-likeness (QED) is 0.300. The Morgan fingerprint density at radius 2 is 1.89 bits per heavy atom. The van der Waals surface area contributed by atoms with Gasteiger partial charge in [0.1, 0.15) is 18.0 Å². The zero-order chi connectivity index (χ0) is 32.1. The van der Waals surface area contributed by atoms with Crippen LogP contribution in [0.25, 0.3) is 0 Å². The van der Waals surface area contributed by atoms with Crippen LogP contribution in [0.1, 0.15) is 44.7 Å². The molecule has 11 nitrogen and oxygen atoms in total. The number of amides is 1. The van der Waals surface area contributed by atoms with Crippen LogP contribution in [0.15, 0.2) is 53.4 Å². The van der Waals surface area contributed by atoms with Gasteiger partial charge in [-0.2, -0.15) is 4.31 Å². The molecule has 0 bridgehead atoms. The van der Waals surface area contributed by atoms with E-state index in [0.717, 1.165) is 22.8 Å². The monoisotopic (exact) mass is 633 g/mol. The number of methoxy groups -OCH3 is 1. The maximum Gasteiger partial charge on any atom is 0.408 e. The number of alkyl carbamates (subject to hydrolysis) is 1. The van der Waals surface area contributed by atoms with E-state index in [0.29, 0.717) is 30.8 Å². The van der Waals surface area contributed by atoms with Crippen molar-refractivity contribution >= 4 is 16.1 Å². The summed E-state index contributed by atoms with van der Waals surface area (Å²) in [5.41, 5.74) is 1.31. The van der Waals surface area contributed by atoms with Crippen molar-refractivity contribution in [1.82, 2.24) is 14.5 Å². The Balaban J connectivity index is 1.64. The molecule has 0 spiro atoms. The van der Waals surface area contributed by atoms with E-state index in [1.807, 2.05) is 20.2 Å². The van der Waals surface area contributed by atoms with Gasteiger partial charge in [0, 0.05) is 6.54 Å². The second-order valence-electron chi connectivity index (χ2n) is 12.7. The second kappa shape index (κ2) is 14.6. The second-order valence-corrected chi connectivity index (χ2v) is 14.6. The summed E-state index contributed by atoms with van der Waals surface area (Å²) in [6.07, 6.45) is -2.20. The first kappa shape index (κ1) is 34.1. The van der Waals surface area contributed by atoms with E-state index < -0.39 is 40.8 Å². The molecule has 2 N–H and O–H groups in total. The smallest absolute Gasteiger partial charge is 0.408 e. The average Bonchev–Trinajstić information content (AvgIpc) is 3.59. The number of carbonyl (C=O) groups is 1. The molecule has 2 heterocycles. The molecule has 2 aliphatic heterocycles. The van der Waals surface area contributed by atoms with Crippen LogP contribution in [-0.4, -0.2) is 94.5 Å². The Hall–Kier alpha value is -2.74. The number of rotatable bonds is 14. The number of sulfonamides is 1. The summed E-state index contributed by atoms with van der Waals surface area (Å²) in [6.45, 7) is 7.22. The van der Waals surface area contributed by atoms with E-state index in [2.05, 4.69) is 24.1 Å². The molecule has 1 amide bonds. The Kier molecular flexibility index (Phi) is 11.3. The summed E-state index contributed by atoms with van der Waals surface area (Å²) in [7, 11) is 1.35. The highest BCUT2D eigenvalue weighted by Gasteiger charge is 2.44. The van der Waals surface area contributed by atoms with Crippen LogP contribution in [-0.2, 0) is 37.2 Å². The number of nitrogens with one attached hydrogen (secondary N) is 1. The first-order valence-electron chi connectivity index (χ1n) is 15.1. The molecule has 44 heavy (non-hydrogen) atoms. The van der Waals surface area contributed by atoms with Gasteiger partial charge in [-0.05, 0) is 81.6 Å². The number of fused-ring (bicyclic) bond motifs is 1. The van der Waals surface area contributed by atoms with Crippen molar-refractivity contribution in [1.29, 1.82) is 0 Å². The van der Waals surface area contributed by atoms with Crippen molar-refractivity contribution in [2.75, 3.05) is 41.0 Å². The van der Waals surface area contributed by atoms with Gasteiger partial charge in [-0.3, -0.25) is 0 Å². The minimum Gasteiger partial charge on any atom is -0.496 e. The lowest BCUT2D eigenvalue weighted by atomic mass is 9.82. The summed E-state index contributed by atoms with van der Waals surface area (Å²) in [6, 6.07) is 13.8. The van der Waals surface area contributed by atoms with Gasteiger partial charge >= 0.3 is 6.09 Å². The number of hydrogen-bond acceptors (Lipinski definition) is 9. The summed E-state index contributed by atoms with van der Waals surface area (Å²) in [4.78, 5) is 15.3. The third kappa shape index (κ3) is 8.49. The largest absolute Gasteiger partial charge is 0.496 e. The van der Waals surface area contributed by atoms with Crippen molar-refractivity contribution in [2.24, 2.45) is 11.3 Å². The number of benzene rings is 2. The van der Waals surface area contributed by atoms with Gasteiger partial charge in [0.05, 0.1) is 37.2 Å². The molecular weight excluding hydrogens is 586 g/mol. The Morgan fingerprint density at radius 1 is 1.16 bits per heavy atom. The maximum atomic E-state index is 14.4. The lowest BCUT2D eigenvalue weighted by Crippen LogP contribution is -2.56. The summed E-state index contributed by atoms with van der Waals surface area (Å²) in [5.74, 6) is 0.507. The van der Waals surface area contributed by atoms with Gasteiger partial charge in [0.25, 0.3) is 0 Å². The minimum absolute atomic E-state index is 0.0311. The van der Waals surface area contributed by atoms with Gasteiger partial charge in [0.15, 0.2) is 6.29 Å². The lowest BCUT2D eigenvalue weighted by Gasteiger charge is -2.34. The molecular formula is C32H47N3O8S. The summed E-state index contributed by atoms with van der Waals surface area (Å²) >= 11 is 0. The number of aliphatic hydroxyl groups is 1. The maximum absolute atomic E-state index is 14.4. The molecule has 0 radical (unpaired) electrons. The number of hydrogen-bond donors (Lipinski definition) is 2. The van der Waals surface area contributed by atoms with Crippen LogP contribution in [0.3, 0.4) is 0 Å². The van der Waals surface area contributed by atoms with E-state index in [4.69, 9.17) is 18.9 Å². The highest BCUT2D eigenvalue weighted by Crippen LogP contribution is 2.35. The normalized spacial score (nSPS) is 21.7. The Bertz CT molecular complexity index is 1350. The van der Waals surface area contributed by atoms with Gasteiger partial charge < -0.3 is 34.3 Å². The highest BCUT2D eigenvalue weighted by molar-refractivity contribution is 7.89.